The molecule has 0 aliphatic carbocycles. The Morgan fingerprint density at radius 1 is 1.17 bits per heavy atom. The molecule has 0 saturated carbocycles. The fourth-order valence-electron chi connectivity index (χ4n) is 2.54. The molecule has 152 valence electrons. The molecule has 0 atom stereocenters. The van der Waals surface area contributed by atoms with E-state index in [1.54, 1.807) is 29.7 Å². The van der Waals surface area contributed by atoms with Crippen molar-refractivity contribution in [3.8, 4) is 11.6 Å². The molecule has 8 heteroatoms. The minimum Gasteiger partial charge on any atom is -0.439 e. The first-order valence-electron chi connectivity index (χ1n) is 9.44. The third-order valence-corrected chi connectivity index (χ3v) is 4.87. The second-order valence-electron chi connectivity index (χ2n) is 6.29. The number of rotatable bonds is 8. The molecule has 0 spiro atoms. The summed E-state index contributed by atoms with van der Waals surface area (Å²) in [6.07, 6.45) is 4.43. The summed E-state index contributed by atoms with van der Waals surface area (Å²) < 4.78 is 18.7. The molecular weight excluding hydrogens is 389 g/mol. The normalized spacial score (nSPS) is 11.3. The first-order chi connectivity index (χ1) is 14.1. The van der Waals surface area contributed by atoms with Crippen LogP contribution in [-0.4, -0.2) is 29.0 Å². The molecule has 0 fully saturated rings. The molecule has 0 aliphatic heterocycles. The van der Waals surface area contributed by atoms with E-state index in [4.69, 9.17) is 4.74 Å². The average Bonchev–Trinajstić information content (AvgIpc) is 3.13. The van der Waals surface area contributed by atoms with E-state index in [1.807, 2.05) is 25.3 Å². The predicted molar refractivity (Wildman–Crippen MR) is 114 cm³/mol. The highest BCUT2D eigenvalue weighted by atomic mass is 32.1. The highest BCUT2D eigenvalue weighted by molar-refractivity contribution is 7.11. The summed E-state index contributed by atoms with van der Waals surface area (Å²) in [5, 5.41) is 7.69. The molecule has 29 heavy (non-hydrogen) atoms. The van der Waals surface area contributed by atoms with E-state index in [-0.39, 0.29) is 5.82 Å². The summed E-state index contributed by atoms with van der Waals surface area (Å²) in [6, 6.07) is 9.56. The van der Waals surface area contributed by atoms with E-state index >= 15 is 0 Å². The molecule has 0 unspecified atom stereocenters. The van der Waals surface area contributed by atoms with Crippen molar-refractivity contribution >= 4 is 17.3 Å². The van der Waals surface area contributed by atoms with Crippen molar-refractivity contribution in [2.45, 2.75) is 26.8 Å². The van der Waals surface area contributed by atoms with Crippen LogP contribution in [0.4, 0.5) is 4.39 Å². The second kappa shape index (κ2) is 10.5. The molecule has 0 saturated heterocycles. The fraction of sp³-hybridized carbons (Fsp3) is 0.286. The lowest BCUT2D eigenvalue weighted by Crippen LogP contribution is -2.38. The summed E-state index contributed by atoms with van der Waals surface area (Å²) in [6.45, 7) is 6.10. The number of aliphatic imine (C=N–C) groups is 1. The number of thiazole rings is 1. The van der Waals surface area contributed by atoms with Gasteiger partial charge in [0.2, 0.25) is 5.88 Å². The third kappa shape index (κ3) is 6.83. The number of nitrogens with one attached hydrogen (secondary N) is 2. The minimum atomic E-state index is -0.304. The van der Waals surface area contributed by atoms with E-state index in [1.165, 1.54) is 17.0 Å². The summed E-state index contributed by atoms with van der Waals surface area (Å²) >= 11 is 1.71. The van der Waals surface area contributed by atoms with E-state index in [0.717, 1.165) is 36.0 Å². The molecule has 2 heterocycles. The molecule has 2 N–H and O–H groups in total. The van der Waals surface area contributed by atoms with E-state index < -0.39 is 0 Å². The van der Waals surface area contributed by atoms with Crippen molar-refractivity contribution in [3.05, 3.63) is 70.1 Å². The monoisotopic (exact) mass is 413 g/mol. The highest BCUT2D eigenvalue weighted by Crippen LogP contribution is 2.20. The maximum atomic E-state index is 13.0. The molecule has 0 bridgehead atoms. The summed E-state index contributed by atoms with van der Waals surface area (Å²) in [7, 11) is 0. The number of benzene rings is 1. The van der Waals surface area contributed by atoms with E-state index in [0.29, 0.717) is 18.2 Å². The van der Waals surface area contributed by atoms with E-state index in [9.17, 15) is 4.39 Å². The van der Waals surface area contributed by atoms with Crippen molar-refractivity contribution in [1.82, 2.24) is 20.6 Å². The highest BCUT2D eigenvalue weighted by Gasteiger charge is 2.03. The predicted octanol–water partition coefficient (Wildman–Crippen LogP) is 4.08. The lowest BCUT2D eigenvalue weighted by molar-refractivity contribution is 0.460. The zero-order valence-electron chi connectivity index (χ0n) is 16.5. The smallest absolute Gasteiger partial charge is 0.219 e. The van der Waals surface area contributed by atoms with Crippen molar-refractivity contribution in [2.75, 3.05) is 13.1 Å². The Labute approximate surface area is 173 Å². The zero-order valence-corrected chi connectivity index (χ0v) is 17.3. The quantitative estimate of drug-likeness (QED) is 0.430. The van der Waals surface area contributed by atoms with Gasteiger partial charge in [0.05, 0.1) is 11.6 Å². The number of hydrogen-bond acceptors (Lipinski definition) is 5. The van der Waals surface area contributed by atoms with E-state index in [2.05, 4.69) is 32.5 Å². The number of aromatic nitrogens is 2. The van der Waals surface area contributed by atoms with Crippen LogP contribution in [0.1, 0.15) is 22.4 Å². The maximum Gasteiger partial charge on any atom is 0.219 e. The Kier molecular flexibility index (Phi) is 7.52. The van der Waals surface area contributed by atoms with Crippen molar-refractivity contribution in [1.29, 1.82) is 0 Å². The second-order valence-corrected chi connectivity index (χ2v) is 7.61. The third-order valence-electron chi connectivity index (χ3n) is 3.90. The van der Waals surface area contributed by atoms with Crippen LogP contribution >= 0.6 is 11.3 Å². The van der Waals surface area contributed by atoms with Gasteiger partial charge in [0.1, 0.15) is 11.6 Å². The van der Waals surface area contributed by atoms with Crippen LogP contribution in [0.5, 0.6) is 11.6 Å². The van der Waals surface area contributed by atoms with Gasteiger partial charge in [-0.1, -0.05) is 0 Å². The number of hydrogen-bond donors (Lipinski definition) is 2. The van der Waals surface area contributed by atoms with Gasteiger partial charge in [0.25, 0.3) is 0 Å². The van der Waals surface area contributed by atoms with Crippen molar-refractivity contribution in [3.63, 3.8) is 0 Å². The Hall–Kier alpha value is -3.00. The van der Waals surface area contributed by atoms with Gasteiger partial charge in [-0.05, 0) is 49.7 Å². The largest absolute Gasteiger partial charge is 0.439 e. The molecule has 1 aromatic carbocycles. The number of aryl methyl sites for hydroxylation is 1. The SMILES string of the molecule is CCNC(=NCc1ccnc(Oc2ccc(F)cc2)c1)NCCc1ncc(C)s1. The van der Waals surface area contributed by atoms with Gasteiger partial charge < -0.3 is 15.4 Å². The molecular formula is C21H24FN5OS. The lowest BCUT2D eigenvalue weighted by atomic mass is 10.2. The molecule has 0 aliphatic rings. The number of halogens is 1. The molecule has 3 rings (SSSR count). The van der Waals surface area contributed by atoms with Crippen LogP contribution in [0.25, 0.3) is 0 Å². The minimum absolute atomic E-state index is 0.304. The van der Waals surface area contributed by atoms with Gasteiger partial charge in [-0.2, -0.15) is 0 Å². The van der Waals surface area contributed by atoms with Crippen LogP contribution < -0.4 is 15.4 Å². The van der Waals surface area contributed by atoms with Crippen LogP contribution in [-0.2, 0) is 13.0 Å². The summed E-state index contributed by atoms with van der Waals surface area (Å²) in [5.41, 5.74) is 0.963. The van der Waals surface area contributed by atoms with Gasteiger partial charge in [0.15, 0.2) is 5.96 Å². The van der Waals surface area contributed by atoms with Crippen molar-refractivity contribution < 1.29 is 9.13 Å². The lowest BCUT2D eigenvalue weighted by Gasteiger charge is -2.11. The Bertz CT molecular complexity index is 942. The summed E-state index contributed by atoms with van der Waals surface area (Å²) in [5.74, 6) is 1.42. The Balaban J connectivity index is 1.57. The number of nitrogens with zero attached hydrogens (tertiary/aromatic N) is 3. The number of pyridine rings is 1. The van der Waals surface area contributed by atoms with Gasteiger partial charge >= 0.3 is 0 Å². The topological polar surface area (TPSA) is 71.4 Å². The van der Waals surface area contributed by atoms with Crippen molar-refractivity contribution in [2.24, 2.45) is 4.99 Å². The van der Waals surface area contributed by atoms with Crippen LogP contribution in [0, 0.1) is 12.7 Å². The first kappa shape index (κ1) is 20.7. The fourth-order valence-corrected chi connectivity index (χ4v) is 3.33. The zero-order chi connectivity index (χ0) is 20.5. The molecule has 0 amide bonds. The standard InChI is InChI=1S/C21H24FN5OS/c1-3-23-21(25-11-9-20-26-13-15(2)29-20)27-14-16-8-10-24-19(12-16)28-18-6-4-17(22)5-7-18/h4-8,10,12-13H,3,9,11,14H2,1-2H3,(H2,23,25,27). The molecule has 6 nitrogen and oxygen atoms in total. The van der Waals surface area contributed by atoms with Crippen LogP contribution in [0.3, 0.4) is 0 Å². The van der Waals surface area contributed by atoms with Crippen LogP contribution in [0.15, 0.2) is 53.8 Å². The number of guanidine groups is 1. The molecule has 3 aromatic rings. The maximum absolute atomic E-state index is 13.0. The van der Waals surface area contributed by atoms with Gasteiger partial charge in [0, 0.05) is 42.8 Å². The van der Waals surface area contributed by atoms with Crippen LogP contribution in [0.2, 0.25) is 0 Å². The van der Waals surface area contributed by atoms with Gasteiger partial charge in [-0.15, -0.1) is 11.3 Å². The van der Waals surface area contributed by atoms with Gasteiger partial charge in [-0.25, -0.2) is 19.4 Å². The Morgan fingerprint density at radius 3 is 2.72 bits per heavy atom. The molecule has 0 radical (unpaired) electrons. The van der Waals surface area contributed by atoms with Gasteiger partial charge in [-0.3, -0.25) is 0 Å². The number of ether oxygens (including phenoxy) is 1. The Morgan fingerprint density at radius 2 is 2.00 bits per heavy atom. The molecule has 2 aromatic heterocycles. The summed E-state index contributed by atoms with van der Waals surface area (Å²) in [4.78, 5) is 14.4. The average molecular weight is 414 g/mol. The first-order valence-corrected chi connectivity index (χ1v) is 10.3.